The molecule has 0 spiro atoms. The Morgan fingerprint density at radius 3 is 1.93 bits per heavy atom. The van der Waals surface area contributed by atoms with Gasteiger partial charge in [0.1, 0.15) is 11.9 Å². The van der Waals surface area contributed by atoms with E-state index in [0.717, 1.165) is 10.4 Å². The van der Waals surface area contributed by atoms with E-state index < -0.39 is 30.8 Å². The lowest BCUT2D eigenvalue weighted by molar-refractivity contribution is -0.00552. The lowest BCUT2D eigenvalue weighted by Gasteiger charge is -2.48. The van der Waals surface area contributed by atoms with Crippen LogP contribution in [-0.2, 0) is 4.74 Å². The second-order valence-corrected chi connectivity index (χ2v) is 17.8. The fourth-order valence-corrected chi connectivity index (χ4v) is 12.8. The van der Waals surface area contributed by atoms with Gasteiger partial charge in [0.15, 0.2) is 8.07 Å². The van der Waals surface area contributed by atoms with Gasteiger partial charge in [-0.1, -0.05) is 109 Å². The molecule has 0 radical (unpaired) electrons. The molecule has 8 heteroatoms. The van der Waals surface area contributed by atoms with Gasteiger partial charge in [-0.3, -0.25) is 4.98 Å². The van der Waals surface area contributed by atoms with Crippen molar-refractivity contribution < 1.29 is 19.3 Å². The van der Waals surface area contributed by atoms with E-state index in [1.807, 2.05) is 55.1 Å². The standard InChI is InChI=1S/C35H40ClFN2O3Si/c1-23-21-39(22-24(2)42-23)32-27(20-28(36)31(37)30(32)33(40)29-18-12-13-19-38-29)34(41)43(35(3,4)5,25-14-8-6-9-15-25)26-16-10-7-11-17-26/h6-20,23-24,33-34,40-41H,21-22H2,1-5H3/t23-,24+,33?,34?. The van der Waals surface area contributed by atoms with Gasteiger partial charge in [0.2, 0.25) is 0 Å². The summed E-state index contributed by atoms with van der Waals surface area (Å²) in [6, 6.07) is 27.0. The second kappa shape index (κ2) is 12.5. The summed E-state index contributed by atoms with van der Waals surface area (Å²) in [7, 11) is -3.18. The number of aliphatic hydroxyl groups excluding tert-OH is 2. The third-order valence-electron chi connectivity index (χ3n) is 8.58. The van der Waals surface area contributed by atoms with Gasteiger partial charge < -0.3 is 19.8 Å². The summed E-state index contributed by atoms with van der Waals surface area (Å²) < 4.78 is 22.4. The topological polar surface area (TPSA) is 65.8 Å². The number of aromatic nitrogens is 1. The molecule has 0 bridgehead atoms. The van der Waals surface area contributed by atoms with Gasteiger partial charge in [-0.25, -0.2) is 4.39 Å². The van der Waals surface area contributed by atoms with Crippen molar-refractivity contribution in [2.24, 2.45) is 0 Å². The predicted molar refractivity (Wildman–Crippen MR) is 175 cm³/mol. The Labute approximate surface area is 260 Å². The molecule has 1 saturated heterocycles. The average Bonchev–Trinajstić information content (AvgIpc) is 2.98. The number of anilines is 1. The molecule has 1 aliphatic heterocycles. The van der Waals surface area contributed by atoms with Crippen molar-refractivity contribution in [3.8, 4) is 0 Å². The van der Waals surface area contributed by atoms with Crippen LogP contribution in [0.5, 0.6) is 0 Å². The second-order valence-electron chi connectivity index (χ2n) is 12.5. The molecule has 1 aromatic heterocycles. The molecule has 2 heterocycles. The highest BCUT2D eigenvalue weighted by atomic mass is 35.5. The maximum Gasteiger partial charge on any atom is 0.159 e. The number of hydrogen-bond donors (Lipinski definition) is 2. The maximum atomic E-state index is 16.3. The summed E-state index contributed by atoms with van der Waals surface area (Å²) in [5.74, 6) is -0.722. The Morgan fingerprint density at radius 1 is 0.907 bits per heavy atom. The van der Waals surface area contributed by atoms with Gasteiger partial charge in [0.25, 0.3) is 0 Å². The Balaban J connectivity index is 1.87. The summed E-state index contributed by atoms with van der Waals surface area (Å²) in [5, 5.41) is 26.3. The number of nitrogens with zero attached hydrogens (tertiary/aromatic N) is 2. The van der Waals surface area contributed by atoms with E-state index in [4.69, 9.17) is 16.3 Å². The molecule has 226 valence electrons. The number of rotatable bonds is 7. The normalized spacial score (nSPS) is 19.2. The lowest BCUT2D eigenvalue weighted by Crippen LogP contribution is -2.68. The highest BCUT2D eigenvalue weighted by Gasteiger charge is 2.54. The van der Waals surface area contributed by atoms with Crippen LogP contribution in [0.3, 0.4) is 0 Å². The van der Waals surface area contributed by atoms with Crippen molar-refractivity contribution in [1.29, 1.82) is 0 Å². The van der Waals surface area contributed by atoms with Crippen LogP contribution in [0.4, 0.5) is 10.1 Å². The molecule has 3 aromatic carbocycles. The lowest BCUT2D eigenvalue weighted by atomic mass is 9.97. The number of pyridine rings is 1. The maximum absolute atomic E-state index is 16.3. The number of aliphatic hydroxyl groups is 2. The molecule has 2 N–H and O–H groups in total. The van der Waals surface area contributed by atoms with Gasteiger partial charge in [-0.2, -0.15) is 0 Å². The van der Waals surface area contributed by atoms with Gasteiger partial charge in [0.05, 0.1) is 34.3 Å². The summed E-state index contributed by atoms with van der Waals surface area (Å²) in [6.07, 6.45) is -0.147. The van der Waals surface area contributed by atoms with Crippen LogP contribution >= 0.6 is 11.6 Å². The number of hydrogen-bond acceptors (Lipinski definition) is 5. The summed E-state index contributed by atoms with van der Waals surface area (Å²) in [4.78, 5) is 6.38. The first-order chi connectivity index (χ1) is 20.5. The largest absolute Gasteiger partial charge is 0.391 e. The number of ether oxygens (including phenoxy) is 1. The van der Waals surface area contributed by atoms with Gasteiger partial charge in [-0.05, 0) is 37.1 Å². The molecule has 0 amide bonds. The van der Waals surface area contributed by atoms with Crippen molar-refractivity contribution in [2.45, 2.75) is 63.7 Å². The number of benzene rings is 3. The number of halogens is 2. The molecular weight excluding hydrogens is 579 g/mol. The first-order valence-electron chi connectivity index (χ1n) is 14.8. The van der Waals surface area contributed by atoms with Crippen LogP contribution in [0, 0.1) is 5.82 Å². The van der Waals surface area contributed by atoms with Crippen molar-refractivity contribution >= 4 is 35.7 Å². The van der Waals surface area contributed by atoms with Crippen molar-refractivity contribution in [2.75, 3.05) is 18.0 Å². The minimum atomic E-state index is -3.18. The van der Waals surface area contributed by atoms with E-state index in [1.165, 1.54) is 0 Å². The van der Waals surface area contributed by atoms with Crippen LogP contribution < -0.4 is 15.3 Å². The molecule has 5 nitrogen and oxygen atoms in total. The molecule has 4 atom stereocenters. The molecular formula is C35H40ClFN2O3Si. The van der Waals surface area contributed by atoms with E-state index in [-0.39, 0.29) is 22.8 Å². The highest BCUT2D eigenvalue weighted by molar-refractivity contribution is 7.04. The van der Waals surface area contributed by atoms with Crippen LogP contribution in [0.15, 0.2) is 91.1 Å². The molecule has 43 heavy (non-hydrogen) atoms. The van der Waals surface area contributed by atoms with Crippen LogP contribution in [0.25, 0.3) is 0 Å². The zero-order valence-corrected chi connectivity index (χ0v) is 27.1. The summed E-state index contributed by atoms with van der Waals surface area (Å²) in [6.45, 7) is 11.3. The summed E-state index contributed by atoms with van der Waals surface area (Å²) in [5.41, 5.74) is 0.188. The van der Waals surface area contributed by atoms with Crippen LogP contribution in [-0.4, -0.2) is 48.6 Å². The van der Waals surface area contributed by atoms with Crippen LogP contribution in [0.2, 0.25) is 10.1 Å². The third-order valence-corrected chi connectivity index (χ3v) is 14.8. The fraction of sp³-hybridized carbons (Fsp3) is 0.343. The Morgan fingerprint density at radius 2 is 1.44 bits per heavy atom. The first kappa shape index (κ1) is 31.4. The van der Waals surface area contributed by atoms with Crippen molar-refractivity contribution in [3.05, 3.63) is 119 Å². The zero-order chi connectivity index (χ0) is 30.9. The molecule has 4 aromatic rings. The monoisotopic (exact) mass is 618 g/mol. The Kier molecular flexibility index (Phi) is 9.12. The fourth-order valence-electron chi connectivity index (χ4n) is 6.91. The molecule has 0 saturated carbocycles. The number of morpholine rings is 1. The molecule has 1 fully saturated rings. The van der Waals surface area contributed by atoms with Gasteiger partial charge in [-0.15, -0.1) is 0 Å². The van der Waals surface area contributed by atoms with E-state index in [2.05, 4.69) is 50.0 Å². The van der Waals surface area contributed by atoms with E-state index in [0.29, 0.717) is 30.0 Å². The predicted octanol–water partition coefficient (Wildman–Crippen LogP) is 6.21. The van der Waals surface area contributed by atoms with Crippen molar-refractivity contribution in [3.63, 3.8) is 0 Å². The Bertz CT molecular complexity index is 1490. The smallest absolute Gasteiger partial charge is 0.159 e. The van der Waals surface area contributed by atoms with Gasteiger partial charge >= 0.3 is 0 Å². The Hall–Kier alpha value is -3.07. The molecule has 2 unspecified atom stereocenters. The van der Waals surface area contributed by atoms with E-state index in [1.54, 1.807) is 30.5 Å². The molecule has 5 rings (SSSR count). The zero-order valence-electron chi connectivity index (χ0n) is 25.3. The van der Waals surface area contributed by atoms with E-state index in [9.17, 15) is 10.2 Å². The molecule has 1 aliphatic rings. The average molecular weight is 619 g/mol. The molecule has 0 aliphatic carbocycles. The first-order valence-corrected chi connectivity index (χ1v) is 17.2. The quantitative estimate of drug-likeness (QED) is 0.241. The van der Waals surface area contributed by atoms with Crippen LogP contribution in [0.1, 0.15) is 63.3 Å². The van der Waals surface area contributed by atoms with E-state index >= 15 is 4.39 Å². The third kappa shape index (κ3) is 5.77. The summed E-state index contributed by atoms with van der Waals surface area (Å²) >= 11 is 6.67. The van der Waals surface area contributed by atoms with Crippen molar-refractivity contribution in [1.82, 2.24) is 4.98 Å². The minimum Gasteiger partial charge on any atom is -0.391 e. The highest BCUT2D eigenvalue weighted by Crippen LogP contribution is 2.49. The van der Waals surface area contributed by atoms with Gasteiger partial charge in [0, 0.05) is 30.4 Å². The SMILES string of the molecule is C[C@@H]1CN(c2c(C(O)[Si](c3ccccc3)(c3ccccc3)C(C)(C)C)cc(Cl)c(F)c2C(O)c2ccccn2)C[C@H](C)O1. The minimum absolute atomic E-state index is 0.0134.